The van der Waals surface area contributed by atoms with E-state index < -0.39 is 10.0 Å². The third-order valence-corrected chi connectivity index (χ3v) is 8.13. The van der Waals surface area contributed by atoms with Gasteiger partial charge in [0.05, 0.1) is 21.6 Å². The maximum absolute atomic E-state index is 13.1. The van der Waals surface area contributed by atoms with Crippen LogP contribution >= 0.6 is 0 Å². The Bertz CT molecular complexity index is 1150. The summed E-state index contributed by atoms with van der Waals surface area (Å²) in [7, 11) is -2.01. The Kier molecular flexibility index (Phi) is 5.86. The quantitative estimate of drug-likeness (QED) is 0.509. The highest BCUT2D eigenvalue weighted by Gasteiger charge is 2.27. The molecule has 4 rings (SSSR count). The van der Waals surface area contributed by atoms with Crippen LogP contribution in [0.5, 0.6) is 0 Å². The van der Waals surface area contributed by atoms with E-state index in [9.17, 15) is 8.42 Å². The predicted octanol–water partition coefficient (Wildman–Crippen LogP) is 5.74. The number of imidazole rings is 1. The summed E-state index contributed by atoms with van der Waals surface area (Å²) in [5, 5.41) is 0. The molecule has 0 spiro atoms. The van der Waals surface area contributed by atoms with E-state index in [-0.39, 0.29) is 10.3 Å². The fourth-order valence-corrected chi connectivity index (χ4v) is 5.80. The van der Waals surface area contributed by atoms with Gasteiger partial charge in [0.2, 0.25) is 0 Å². The van der Waals surface area contributed by atoms with Crippen LogP contribution in [0.1, 0.15) is 58.7 Å². The molecule has 1 fully saturated rings. The maximum Gasteiger partial charge on any atom is 0.264 e. The Balaban J connectivity index is 1.74. The molecule has 6 heteroatoms. The first-order valence-corrected chi connectivity index (χ1v) is 12.7. The average molecular weight is 440 g/mol. The van der Waals surface area contributed by atoms with E-state index in [2.05, 4.69) is 25.3 Å². The van der Waals surface area contributed by atoms with Crippen molar-refractivity contribution in [3.8, 4) is 0 Å². The Morgan fingerprint density at radius 2 is 1.71 bits per heavy atom. The normalized spacial score (nSPS) is 16.0. The van der Waals surface area contributed by atoms with E-state index in [1.54, 1.807) is 31.3 Å². The first-order valence-electron chi connectivity index (χ1n) is 11.2. The third-order valence-electron chi connectivity index (χ3n) is 6.33. The molecule has 3 aromatic rings. The van der Waals surface area contributed by atoms with Crippen LogP contribution in [0.25, 0.3) is 11.0 Å². The summed E-state index contributed by atoms with van der Waals surface area (Å²) in [5.74, 6) is 1.76. The third kappa shape index (κ3) is 4.36. The fourth-order valence-electron chi connectivity index (χ4n) is 4.59. The van der Waals surface area contributed by atoms with Gasteiger partial charge in [-0.25, -0.2) is 13.4 Å². The second-order valence-electron chi connectivity index (χ2n) is 9.76. The van der Waals surface area contributed by atoms with E-state index >= 15 is 0 Å². The van der Waals surface area contributed by atoms with Gasteiger partial charge in [-0.3, -0.25) is 4.31 Å². The fraction of sp³-hybridized carbons (Fsp3) is 0.480. The largest absolute Gasteiger partial charge is 0.327 e. The number of nitrogens with zero attached hydrogens (tertiary/aromatic N) is 3. The summed E-state index contributed by atoms with van der Waals surface area (Å²) in [4.78, 5) is 5.28. The highest BCUT2D eigenvalue weighted by atomic mass is 32.2. The highest BCUT2D eigenvalue weighted by molar-refractivity contribution is 7.92. The van der Waals surface area contributed by atoms with Crippen LogP contribution in [0, 0.1) is 5.92 Å². The van der Waals surface area contributed by atoms with Crippen molar-refractivity contribution in [2.75, 3.05) is 11.4 Å². The lowest BCUT2D eigenvalue weighted by Crippen LogP contribution is -2.26. The molecule has 1 aromatic heterocycles. The first-order chi connectivity index (χ1) is 14.7. The maximum atomic E-state index is 13.1. The van der Waals surface area contributed by atoms with Crippen LogP contribution in [0.4, 0.5) is 5.69 Å². The average Bonchev–Trinajstić information content (AvgIpc) is 3.12. The van der Waals surface area contributed by atoms with Gasteiger partial charge in [0, 0.05) is 19.0 Å². The van der Waals surface area contributed by atoms with Crippen LogP contribution in [0.2, 0.25) is 0 Å². The zero-order chi connectivity index (χ0) is 22.2. The van der Waals surface area contributed by atoms with Crippen LogP contribution in [-0.4, -0.2) is 25.0 Å². The summed E-state index contributed by atoms with van der Waals surface area (Å²) >= 11 is 0. The molecule has 31 heavy (non-hydrogen) atoms. The van der Waals surface area contributed by atoms with Gasteiger partial charge in [-0.05, 0) is 49.1 Å². The highest BCUT2D eigenvalue weighted by Crippen LogP contribution is 2.33. The zero-order valence-corrected chi connectivity index (χ0v) is 19.8. The van der Waals surface area contributed by atoms with Gasteiger partial charge < -0.3 is 4.57 Å². The molecule has 0 amide bonds. The summed E-state index contributed by atoms with van der Waals surface area (Å²) in [6.07, 6.45) is 6.53. The molecule has 5 nitrogen and oxygen atoms in total. The molecule has 0 bridgehead atoms. The minimum absolute atomic E-state index is 0.0874. The van der Waals surface area contributed by atoms with Gasteiger partial charge >= 0.3 is 0 Å². The van der Waals surface area contributed by atoms with E-state index in [4.69, 9.17) is 4.98 Å². The van der Waals surface area contributed by atoms with Crippen LogP contribution < -0.4 is 4.31 Å². The molecule has 0 N–H and O–H groups in total. The summed E-state index contributed by atoms with van der Waals surface area (Å²) in [6.45, 7) is 7.57. The van der Waals surface area contributed by atoms with Crippen molar-refractivity contribution in [1.29, 1.82) is 0 Å². The minimum Gasteiger partial charge on any atom is -0.327 e. The Labute approximate surface area is 186 Å². The summed E-state index contributed by atoms with van der Waals surface area (Å²) < 4.78 is 29.8. The Hall–Kier alpha value is -2.34. The lowest BCUT2D eigenvalue weighted by molar-refractivity contribution is 0.313. The minimum atomic E-state index is -3.62. The van der Waals surface area contributed by atoms with E-state index in [0.717, 1.165) is 23.4 Å². The van der Waals surface area contributed by atoms with Crippen molar-refractivity contribution in [1.82, 2.24) is 9.55 Å². The van der Waals surface area contributed by atoms with Gasteiger partial charge in [-0.2, -0.15) is 0 Å². The molecular formula is C25H33N3O2S. The molecule has 166 valence electrons. The van der Waals surface area contributed by atoms with Gasteiger partial charge in [0.25, 0.3) is 10.0 Å². The number of rotatable bonds is 5. The molecule has 0 aliphatic heterocycles. The molecule has 2 aromatic carbocycles. The second-order valence-corrected chi connectivity index (χ2v) is 11.7. The number of fused-ring (bicyclic) bond motifs is 1. The Morgan fingerprint density at radius 3 is 2.35 bits per heavy atom. The van der Waals surface area contributed by atoms with Crippen molar-refractivity contribution < 1.29 is 8.42 Å². The van der Waals surface area contributed by atoms with Crippen molar-refractivity contribution in [3.05, 3.63) is 54.4 Å². The second kappa shape index (κ2) is 8.30. The van der Waals surface area contributed by atoms with E-state index in [1.807, 2.05) is 24.3 Å². The summed E-state index contributed by atoms with van der Waals surface area (Å²) in [5.41, 5.74) is 2.48. The lowest BCUT2D eigenvalue weighted by atomic mass is 9.88. The summed E-state index contributed by atoms with van der Waals surface area (Å²) in [6, 6.07) is 14.4. The van der Waals surface area contributed by atoms with Gasteiger partial charge in [0.1, 0.15) is 5.82 Å². The van der Waals surface area contributed by atoms with Gasteiger partial charge in [0.15, 0.2) is 0 Å². The Morgan fingerprint density at radius 1 is 1.03 bits per heavy atom. The van der Waals surface area contributed by atoms with Crippen molar-refractivity contribution in [3.63, 3.8) is 0 Å². The van der Waals surface area contributed by atoms with Crippen LogP contribution in [0.15, 0.2) is 53.4 Å². The monoisotopic (exact) mass is 439 g/mol. The molecule has 1 aliphatic carbocycles. The van der Waals surface area contributed by atoms with Crippen molar-refractivity contribution in [2.45, 2.75) is 69.7 Å². The number of sulfonamides is 1. The van der Waals surface area contributed by atoms with Crippen molar-refractivity contribution in [2.24, 2.45) is 5.92 Å². The standard InChI is InChI=1S/C25H33N3O2S/c1-25(2,3)24-26-22-17-20(27(4)31(29,30)21-13-9-6-10-14-21)15-16-23(22)28(24)18-19-11-7-5-8-12-19/h6,9-10,13-17,19H,5,7-8,11-12,18H2,1-4H3. The molecule has 0 atom stereocenters. The molecule has 0 radical (unpaired) electrons. The van der Waals surface area contributed by atoms with Crippen molar-refractivity contribution >= 4 is 26.7 Å². The number of aromatic nitrogens is 2. The smallest absolute Gasteiger partial charge is 0.264 e. The number of anilines is 1. The molecule has 1 heterocycles. The first kappa shape index (κ1) is 21.9. The molecule has 1 saturated carbocycles. The zero-order valence-electron chi connectivity index (χ0n) is 19.0. The topological polar surface area (TPSA) is 55.2 Å². The number of hydrogen-bond acceptors (Lipinski definition) is 3. The van der Waals surface area contributed by atoms with Gasteiger partial charge in [-0.1, -0.05) is 58.2 Å². The molecular weight excluding hydrogens is 406 g/mol. The predicted molar refractivity (Wildman–Crippen MR) is 127 cm³/mol. The van der Waals surface area contributed by atoms with E-state index in [0.29, 0.717) is 11.6 Å². The molecule has 0 saturated heterocycles. The molecule has 1 aliphatic rings. The SMILES string of the molecule is CN(c1ccc2c(c1)nc(C(C)(C)C)n2CC1CCCCC1)S(=O)(=O)c1ccccc1. The van der Waals surface area contributed by atoms with Gasteiger partial charge in [-0.15, -0.1) is 0 Å². The number of benzene rings is 2. The van der Waals surface area contributed by atoms with E-state index in [1.165, 1.54) is 36.4 Å². The number of hydrogen-bond donors (Lipinski definition) is 0. The molecule has 0 unspecified atom stereocenters. The lowest BCUT2D eigenvalue weighted by Gasteiger charge is -2.26. The van der Waals surface area contributed by atoms with Crippen LogP contribution in [-0.2, 0) is 22.0 Å². The van der Waals surface area contributed by atoms with Crippen LogP contribution in [0.3, 0.4) is 0 Å².